The van der Waals surface area contributed by atoms with Gasteiger partial charge in [0.25, 0.3) is 6.43 Å². The standard InChI is InChI=1S/C24H24F4N3O8PS/c1-34-14-3-7-16(8-4-14)38-40(41,39-17-9-5-15(35-2)6-10-17)36-13-23(21(25)26)24(27,28)19(32)20(37-23)31-12-11-18(29)30-22(31)33/h3-12,19-21,32H,13H2,1-2H3,(H2,29,30,33)/t19-,20+,23-/m0/s1. The van der Waals surface area contributed by atoms with Crippen LogP contribution in [0.3, 0.4) is 0 Å². The lowest BCUT2D eigenvalue weighted by molar-refractivity contribution is -0.242. The van der Waals surface area contributed by atoms with E-state index >= 15 is 8.78 Å². The van der Waals surface area contributed by atoms with Gasteiger partial charge < -0.3 is 34.1 Å². The molecular formula is C24H24F4N3O8PS. The number of aromatic nitrogens is 2. The van der Waals surface area contributed by atoms with Crippen molar-refractivity contribution in [3.63, 3.8) is 0 Å². The zero-order chi connectivity index (χ0) is 30.0. The molecule has 0 aliphatic carbocycles. The average Bonchev–Trinajstić information content (AvgIpc) is 3.14. The minimum Gasteiger partial charge on any atom is -0.497 e. The number of benzene rings is 2. The van der Waals surface area contributed by atoms with E-state index in [0.29, 0.717) is 16.1 Å². The quantitative estimate of drug-likeness (QED) is 0.239. The van der Waals surface area contributed by atoms with Gasteiger partial charge in [0, 0.05) is 18.0 Å². The van der Waals surface area contributed by atoms with Crippen LogP contribution in [0.1, 0.15) is 6.23 Å². The Labute approximate surface area is 235 Å². The second kappa shape index (κ2) is 11.8. The highest BCUT2D eigenvalue weighted by molar-refractivity contribution is 8.07. The molecule has 2 aromatic carbocycles. The van der Waals surface area contributed by atoms with Crippen molar-refractivity contribution in [2.45, 2.75) is 30.3 Å². The molecule has 0 spiro atoms. The number of hydrogen-bond acceptors (Lipinski definition) is 11. The van der Waals surface area contributed by atoms with Crippen LogP contribution in [0.15, 0.2) is 65.6 Å². The van der Waals surface area contributed by atoms with Gasteiger partial charge in [-0.15, -0.1) is 0 Å². The first kappa shape index (κ1) is 30.5. The van der Waals surface area contributed by atoms with Gasteiger partial charge >= 0.3 is 18.3 Å². The molecule has 0 unspecified atom stereocenters. The Hall–Kier alpha value is -3.43. The highest BCUT2D eigenvalue weighted by Crippen LogP contribution is 2.56. The molecule has 0 bridgehead atoms. The van der Waals surface area contributed by atoms with Gasteiger partial charge in [0.2, 0.25) is 5.60 Å². The minimum atomic E-state index is -4.66. The highest BCUT2D eigenvalue weighted by atomic mass is 32.5. The first-order valence-electron chi connectivity index (χ1n) is 11.6. The number of nitrogens with two attached hydrogens (primary N) is 1. The number of nitrogens with zero attached hydrogens (tertiary/aromatic N) is 2. The summed E-state index contributed by atoms with van der Waals surface area (Å²) < 4.78 is 92.2. The maximum absolute atomic E-state index is 15.4. The summed E-state index contributed by atoms with van der Waals surface area (Å²) in [4.78, 5) is 15.6. The summed E-state index contributed by atoms with van der Waals surface area (Å²) in [6, 6.07) is 12.7. The van der Waals surface area contributed by atoms with E-state index in [2.05, 4.69) is 4.98 Å². The summed E-state index contributed by atoms with van der Waals surface area (Å²) in [6.07, 6.45) is -8.25. The molecule has 0 saturated carbocycles. The third-order valence-corrected chi connectivity index (χ3v) is 8.08. The van der Waals surface area contributed by atoms with Gasteiger partial charge in [-0.05, 0) is 54.6 Å². The topological polar surface area (TPSA) is 137 Å². The van der Waals surface area contributed by atoms with Crippen molar-refractivity contribution in [1.29, 1.82) is 0 Å². The first-order chi connectivity index (χ1) is 19.3. The fourth-order valence-corrected chi connectivity index (χ4v) is 5.71. The van der Waals surface area contributed by atoms with Crippen molar-refractivity contribution >= 4 is 24.3 Å². The van der Waals surface area contributed by atoms with Gasteiger partial charge in [-0.1, -0.05) is 0 Å². The molecular weight excluding hydrogens is 597 g/mol. The van der Waals surface area contributed by atoms with E-state index in [1.165, 1.54) is 62.8 Å². The third kappa shape index (κ3) is 6.11. The van der Waals surface area contributed by atoms with Crippen LogP contribution in [0.25, 0.3) is 0 Å². The van der Waals surface area contributed by atoms with E-state index in [-0.39, 0.29) is 17.3 Å². The van der Waals surface area contributed by atoms with Crippen molar-refractivity contribution in [2.24, 2.45) is 0 Å². The monoisotopic (exact) mass is 621 g/mol. The molecule has 4 rings (SSSR count). The highest BCUT2D eigenvalue weighted by Gasteiger charge is 2.74. The SMILES string of the molecule is COc1ccc(OP(=S)(OC[C@@]2(C(F)F)O[C@@H](n3ccc(N)nc3=O)[C@H](O)C2(F)F)Oc2ccc(OC)cc2)cc1. The number of ether oxygens (including phenoxy) is 3. The van der Waals surface area contributed by atoms with Crippen molar-refractivity contribution in [2.75, 3.05) is 26.6 Å². The molecule has 1 aliphatic heterocycles. The number of aliphatic hydroxyl groups is 1. The maximum Gasteiger partial charge on any atom is 0.435 e. The second-order valence-corrected chi connectivity index (χ2v) is 11.4. The fraction of sp³-hybridized carbons (Fsp3) is 0.333. The van der Waals surface area contributed by atoms with Crippen molar-refractivity contribution in [3.05, 3.63) is 71.3 Å². The Morgan fingerprint density at radius 1 is 1.02 bits per heavy atom. The summed E-state index contributed by atoms with van der Waals surface area (Å²) in [5, 5.41) is 10.4. The van der Waals surface area contributed by atoms with E-state index < -0.39 is 49.3 Å². The first-order valence-corrected chi connectivity index (χ1v) is 14.2. The molecule has 41 heavy (non-hydrogen) atoms. The van der Waals surface area contributed by atoms with Crippen LogP contribution in [-0.2, 0) is 21.1 Å². The normalized spacial score (nSPS) is 22.0. The molecule has 0 radical (unpaired) electrons. The van der Waals surface area contributed by atoms with Crippen LogP contribution in [0.2, 0.25) is 0 Å². The largest absolute Gasteiger partial charge is 0.497 e. The molecule has 0 amide bonds. The second-order valence-electron chi connectivity index (χ2n) is 8.56. The molecule has 11 nitrogen and oxygen atoms in total. The number of methoxy groups -OCH3 is 2. The summed E-state index contributed by atoms with van der Waals surface area (Å²) in [7, 11) is 2.86. The van der Waals surface area contributed by atoms with Gasteiger partial charge in [-0.25, -0.2) is 13.6 Å². The number of anilines is 1. The molecule has 17 heteroatoms. The lowest BCUT2D eigenvalue weighted by Crippen LogP contribution is -2.57. The van der Waals surface area contributed by atoms with Crippen molar-refractivity contribution in [1.82, 2.24) is 9.55 Å². The fourth-order valence-electron chi connectivity index (χ4n) is 3.78. The molecule has 1 fully saturated rings. The summed E-state index contributed by atoms with van der Waals surface area (Å²) in [6.45, 7) is -5.81. The van der Waals surface area contributed by atoms with Crippen molar-refractivity contribution in [3.8, 4) is 23.0 Å². The number of nitrogen functional groups attached to an aromatic ring is 1. The summed E-state index contributed by atoms with van der Waals surface area (Å²) in [5.41, 5.74) is 0.405. The number of alkyl halides is 4. The van der Waals surface area contributed by atoms with Crippen LogP contribution in [-0.4, -0.2) is 59.5 Å². The zero-order valence-corrected chi connectivity index (χ0v) is 23.1. The van der Waals surface area contributed by atoms with Crippen LogP contribution in [0.5, 0.6) is 23.0 Å². The Morgan fingerprint density at radius 3 is 1.95 bits per heavy atom. The van der Waals surface area contributed by atoms with E-state index in [9.17, 15) is 18.7 Å². The molecule has 3 aromatic rings. The van der Waals surface area contributed by atoms with Gasteiger partial charge in [-0.2, -0.15) is 13.8 Å². The predicted octanol–water partition coefficient (Wildman–Crippen LogP) is 3.77. The summed E-state index contributed by atoms with van der Waals surface area (Å²) >= 11 is 5.42. The van der Waals surface area contributed by atoms with Crippen LogP contribution in [0.4, 0.5) is 23.4 Å². The van der Waals surface area contributed by atoms with Gasteiger partial charge in [0.15, 0.2) is 12.3 Å². The van der Waals surface area contributed by atoms with Crippen LogP contribution < -0.4 is 29.9 Å². The third-order valence-electron chi connectivity index (χ3n) is 6.01. The number of halogens is 4. The molecule has 1 aliphatic rings. The number of hydrogen-bond donors (Lipinski definition) is 2. The van der Waals surface area contributed by atoms with Crippen LogP contribution >= 0.6 is 6.72 Å². The Balaban J connectivity index is 1.68. The Bertz CT molecular complexity index is 1410. The van der Waals surface area contributed by atoms with Crippen molar-refractivity contribution < 1.29 is 50.5 Å². The van der Waals surface area contributed by atoms with Gasteiger partial charge in [-0.3, -0.25) is 9.09 Å². The van der Waals surface area contributed by atoms with E-state index in [1.807, 2.05) is 0 Å². The Kier molecular flexibility index (Phi) is 8.80. The lowest BCUT2D eigenvalue weighted by atomic mass is 9.95. The molecule has 3 atom stereocenters. The molecule has 222 valence electrons. The average molecular weight is 622 g/mol. The van der Waals surface area contributed by atoms with E-state index in [1.54, 1.807) is 0 Å². The van der Waals surface area contributed by atoms with E-state index in [0.717, 1.165) is 12.3 Å². The molecule has 1 aromatic heterocycles. The molecule has 3 N–H and O–H groups in total. The smallest absolute Gasteiger partial charge is 0.435 e. The zero-order valence-electron chi connectivity index (χ0n) is 21.4. The van der Waals surface area contributed by atoms with Gasteiger partial charge in [0.05, 0.1) is 20.8 Å². The summed E-state index contributed by atoms with van der Waals surface area (Å²) in [5.74, 6) is -3.93. The minimum absolute atomic E-state index is 0.0465. The maximum atomic E-state index is 15.4. The van der Waals surface area contributed by atoms with Crippen LogP contribution in [0, 0.1) is 0 Å². The predicted molar refractivity (Wildman–Crippen MR) is 140 cm³/mol. The van der Waals surface area contributed by atoms with E-state index in [4.69, 9.17) is 45.3 Å². The Morgan fingerprint density at radius 2 is 1.51 bits per heavy atom. The number of aliphatic hydroxyl groups excluding tert-OH is 1. The van der Waals surface area contributed by atoms with Gasteiger partial charge in [0.1, 0.15) is 28.8 Å². The molecule has 2 heterocycles. The number of rotatable bonds is 11. The lowest BCUT2D eigenvalue weighted by Gasteiger charge is -2.34. The molecule has 1 saturated heterocycles.